The third kappa shape index (κ3) is 2.01. The quantitative estimate of drug-likeness (QED) is 0.633. The van der Waals surface area contributed by atoms with E-state index in [0.29, 0.717) is 25.7 Å². The molecule has 84 valence electrons. The molecule has 1 aromatic heterocycles. The predicted molar refractivity (Wildman–Crippen MR) is 70.4 cm³/mol. The topological polar surface area (TPSA) is 43.8 Å². The van der Waals surface area contributed by atoms with Crippen LogP contribution in [-0.2, 0) is 0 Å². The Morgan fingerprint density at radius 1 is 1.50 bits per heavy atom. The van der Waals surface area contributed by atoms with E-state index in [2.05, 4.69) is 5.10 Å². The van der Waals surface area contributed by atoms with E-state index in [-0.39, 0.29) is 5.82 Å². The van der Waals surface area contributed by atoms with Gasteiger partial charge < -0.3 is 5.73 Å². The van der Waals surface area contributed by atoms with Crippen LogP contribution >= 0.6 is 34.2 Å². The van der Waals surface area contributed by atoms with Gasteiger partial charge in [-0.3, -0.25) is 0 Å². The standard InChI is InChI=1S/C10H8ClFIN3/c1-5-6(11)4-16(15-5)10-2-7(12)8(13)3-9(10)14/h2-4H,14H2,1H3. The fraction of sp³-hybridized carbons (Fsp3) is 0.100. The van der Waals surface area contributed by atoms with Crippen molar-refractivity contribution in [1.29, 1.82) is 0 Å². The van der Waals surface area contributed by atoms with E-state index in [1.54, 1.807) is 19.2 Å². The number of nitrogen functional groups attached to an aromatic ring is 1. The lowest BCUT2D eigenvalue weighted by molar-refractivity contribution is 0.618. The van der Waals surface area contributed by atoms with Crippen LogP contribution in [0.15, 0.2) is 18.3 Å². The molecule has 0 aliphatic rings. The Morgan fingerprint density at radius 3 is 2.75 bits per heavy atom. The van der Waals surface area contributed by atoms with Crippen molar-refractivity contribution in [2.75, 3.05) is 5.73 Å². The number of benzene rings is 1. The summed E-state index contributed by atoms with van der Waals surface area (Å²) in [4.78, 5) is 0. The van der Waals surface area contributed by atoms with Gasteiger partial charge in [-0.25, -0.2) is 9.07 Å². The summed E-state index contributed by atoms with van der Waals surface area (Å²) in [6.07, 6.45) is 1.61. The van der Waals surface area contributed by atoms with Crippen molar-refractivity contribution in [3.05, 3.63) is 38.4 Å². The zero-order valence-electron chi connectivity index (χ0n) is 8.34. The lowest BCUT2D eigenvalue weighted by Gasteiger charge is -2.06. The average molecular weight is 352 g/mol. The Bertz CT molecular complexity index is 534. The number of nitrogens with zero attached hydrogens (tertiary/aromatic N) is 2. The van der Waals surface area contributed by atoms with Crippen LogP contribution in [0.25, 0.3) is 5.69 Å². The van der Waals surface area contributed by atoms with Gasteiger partial charge in [0, 0.05) is 12.3 Å². The molecule has 3 nitrogen and oxygen atoms in total. The van der Waals surface area contributed by atoms with Crippen LogP contribution < -0.4 is 5.73 Å². The fourth-order valence-electron chi connectivity index (χ4n) is 1.31. The minimum absolute atomic E-state index is 0.325. The fourth-order valence-corrected chi connectivity index (χ4v) is 1.93. The normalized spacial score (nSPS) is 10.8. The minimum atomic E-state index is -0.325. The molecule has 2 N–H and O–H groups in total. The van der Waals surface area contributed by atoms with Gasteiger partial charge in [0.05, 0.1) is 25.7 Å². The van der Waals surface area contributed by atoms with Crippen LogP contribution in [0.1, 0.15) is 5.69 Å². The highest BCUT2D eigenvalue weighted by molar-refractivity contribution is 14.1. The molecule has 0 radical (unpaired) electrons. The molecule has 0 amide bonds. The summed E-state index contributed by atoms with van der Waals surface area (Å²) in [6.45, 7) is 1.78. The first-order chi connectivity index (χ1) is 7.49. The summed E-state index contributed by atoms with van der Waals surface area (Å²) in [5.74, 6) is -0.325. The molecule has 6 heteroatoms. The molecule has 0 saturated carbocycles. The van der Waals surface area contributed by atoms with Gasteiger partial charge in [-0.1, -0.05) is 11.6 Å². The molecule has 1 aromatic carbocycles. The molecule has 16 heavy (non-hydrogen) atoms. The van der Waals surface area contributed by atoms with Crippen molar-refractivity contribution in [3.8, 4) is 5.69 Å². The minimum Gasteiger partial charge on any atom is -0.397 e. The molecule has 0 fully saturated rings. The molecule has 0 atom stereocenters. The summed E-state index contributed by atoms with van der Waals surface area (Å²) >= 11 is 7.77. The largest absolute Gasteiger partial charge is 0.397 e. The SMILES string of the molecule is Cc1nn(-c2cc(F)c(I)cc2N)cc1Cl. The number of aryl methyl sites for hydroxylation is 1. The lowest BCUT2D eigenvalue weighted by Crippen LogP contribution is -2.02. The van der Waals surface area contributed by atoms with Crippen molar-refractivity contribution >= 4 is 39.9 Å². The molecule has 2 aromatic rings. The first kappa shape index (κ1) is 11.7. The molecule has 0 aliphatic heterocycles. The first-order valence-corrected chi connectivity index (χ1v) is 5.91. The van der Waals surface area contributed by atoms with E-state index in [0.717, 1.165) is 0 Å². The maximum atomic E-state index is 13.4. The van der Waals surface area contributed by atoms with Crippen LogP contribution in [0, 0.1) is 16.3 Å². The number of rotatable bonds is 1. The molecule has 1 heterocycles. The Kier molecular flexibility index (Phi) is 3.07. The zero-order chi connectivity index (χ0) is 11.9. The van der Waals surface area contributed by atoms with Crippen LogP contribution in [0.5, 0.6) is 0 Å². The highest BCUT2D eigenvalue weighted by atomic mass is 127. The Balaban J connectivity index is 2.60. The Morgan fingerprint density at radius 2 is 2.19 bits per heavy atom. The lowest BCUT2D eigenvalue weighted by atomic mass is 10.2. The third-order valence-electron chi connectivity index (χ3n) is 2.16. The van der Waals surface area contributed by atoms with E-state index < -0.39 is 0 Å². The summed E-state index contributed by atoms with van der Waals surface area (Å²) in [5.41, 5.74) is 7.44. The third-order valence-corrected chi connectivity index (χ3v) is 3.35. The summed E-state index contributed by atoms with van der Waals surface area (Å²) in [6, 6.07) is 2.91. The highest BCUT2D eigenvalue weighted by Gasteiger charge is 2.10. The maximum Gasteiger partial charge on any atom is 0.138 e. The van der Waals surface area contributed by atoms with Crippen molar-refractivity contribution in [2.24, 2.45) is 0 Å². The second-order valence-corrected chi connectivity index (χ2v) is 4.90. The van der Waals surface area contributed by atoms with Crippen LogP contribution in [0.3, 0.4) is 0 Å². The second-order valence-electron chi connectivity index (χ2n) is 3.33. The molecular formula is C10H8ClFIN3. The van der Waals surface area contributed by atoms with Crippen LogP contribution in [-0.4, -0.2) is 9.78 Å². The molecule has 2 rings (SSSR count). The second kappa shape index (κ2) is 4.21. The van der Waals surface area contributed by atoms with Gasteiger partial charge in [0.15, 0.2) is 0 Å². The van der Waals surface area contributed by atoms with Gasteiger partial charge in [-0.05, 0) is 35.6 Å². The van der Waals surface area contributed by atoms with E-state index in [9.17, 15) is 4.39 Å². The average Bonchev–Trinajstić information content (AvgIpc) is 2.53. The van der Waals surface area contributed by atoms with Gasteiger partial charge in [-0.15, -0.1) is 0 Å². The van der Waals surface area contributed by atoms with Crippen LogP contribution in [0.4, 0.5) is 10.1 Å². The molecule has 0 spiro atoms. The predicted octanol–water partition coefficient (Wildman–Crippen LogP) is 3.16. The van der Waals surface area contributed by atoms with E-state index in [1.165, 1.54) is 10.7 Å². The van der Waals surface area contributed by atoms with Gasteiger partial charge in [0.25, 0.3) is 0 Å². The number of hydrogen-bond acceptors (Lipinski definition) is 2. The zero-order valence-corrected chi connectivity index (χ0v) is 11.3. The first-order valence-electron chi connectivity index (χ1n) is 4.45. The Hall–Kier alpha value is -0.820. The molecule has 0 aliphatic carbocycles. The van der Waals surface area contributed by atoms with Gasteiger partial charge >= 0.3 is 0 Å². The maximum absolute atomic E-state index is 13.4. The van der Waals surface area contributed by atoms with Crippen molar-refractivity contribution in [2.45, 2.75) is 6.92 Å². The van der Waals surface area contributed by atoms with E-state index in [1.807, 2.05) is 22.6 Å². The molecule has 0 saturated heterocycles. The summed E-state index contributed by atoms with van der Waals surface area (Å²) in [7, 11) is 0. The van der Waals surface area contributed by atoms with Crippen LogP contribution in [0.2, 0.25) is 5.02 Å². The Labute approximate surface area is 111 Å². The number of anilines is 1. The summed E-state index contributed by atoms with van der Waals surface area (Å²) in [5, 5.41) is 4.67. The number of nitrogens with two attached hydrogens (primary N) is 1. The molecule has 0 unspecified atom stereocenters. The van der Waals surface area contributed by atoms with Crippen molar-refractivity contribution in [3.63, 3.8) is 0 Å². The van der Waals surface area contributed by atoms with Gasteiger partial charge in [0.2, 0.25) is 0 Å². The smallest absolute Gasteiger partial charge is 0.138 e. The molecule has 0 bridgehead atoms. The summed E-state index contributed by atoms with van der Waals surface area (Å²) < 4.78 is 15.4. The molecular weight excluding hydrogens is 343 g/mol. The van der Waals surface area contributed by atoms with Gasteiger partial charge in [0.1, 0.15) is 5.82 Å². The van der Waals surface area contributed by atoms with E-state index >= 15 is 0 Å². The number of hydrogen-bond donors (Lipinski definition) is 1. The monoisotopic (exact) mass is 351 g/mol. The number of halogens is 3. The van der Waals surface area contributed by atoms with E-state index in [4.69, 9.17) is 17.3 Å². The highest BCUT2D eigenvalue weighted by Crippen LogP contribution is 2.24. The number of aromatic nitrogens is 2. The van der Waals surface area contributed by atoms with Crippen molar-refractivity contribution in [1.82, 2.24) is 9.78 Å². The van der Waals surface area contributed by atoms with Gasteiger partial charge in [-0.2, -0.15) is 5.10 Å². The van der Waals surface area contributed by atoms with Crippen molar-refractivity contribution < 1.29 is 4.39 Å².